The van der Waals surface area contributed by atoms with Crippen LogP contribution in [0.25, 0.3) is 0 Å². The normalized spacial score (nSPS) is 15.0. The van der Waals surface area contributed by atoms with Gasteiger partial charge in [-0.3, -0.25) is 14.4 Å². The van der Waals surface area contributed by atoms with Crippen molar-refractivity contribution < 1.29 is 23.5 Å². The monoisotopic (exact) mass is 455 g/mol. The Morgan fingerprint density at radius 1 is 1.12 bits per heavy atom. The summed E-state index contributed by atoms with van der Waals surface area (Å²) in [5.74, 6) is -0.951. The number of rotatable bonds is 10. The van der Waals surface area contributed by atoms with Crippen molar-refractivity contribution in [2.45, 2.75) is 51.1 Å². The molecule has 8 heteroatoms. The van der Waals surface area contributed by atoms with E-state index in [0.29, 0.717) is 0 Å². The molecular weight excluding hydrogens is 422 g/mol. The van der Waals surface area contributed by atoms with Crippen LogP contribution < -0.4 is 10.6 Å². The third-order valence-corrected chi connectivity index (χ3v) is 6.00. The van der Waals surface area contributed by atoms with Crippen molar-refractivity contribution in [2.24, 2.45) is 0 Å². The smallest absolute Gasteiger partial charge is 0.287 e. The number of hydrogen-bond donors (Lipinski definition) is 2. The molecule has 0 saturated heterocycles. The number of methoxy groups -OCH3 is 1. The van der Waals surface area contributed by atoms with Crippen molar-refractivity contribution in [1.82, 2.24) is 15.5 Å². The van der Waals surface area contributed by atoms with Gasteiger partial charge >= 0.3 is 0 Å². The lowest BCUT2D eigenvalue weighted by atomic mass is 9.94. The summed E-state index contributed by atoms with van der Waals surface area (Å²) in [6.45, 7) is 2.14. The molecule has 0 unspecified atom stereocenters. The number of amides is 3. The highest BCUT2D eigenvalue weighted by Gasteiger charge is 2.33. The standard InChI is InChI=1S/C25H33N3O5/c1-18-9-6-7-12-20(18)23(25(31)27-19-10-4-3-5-11-19)28(14-16-32-2)22(29)17-26-24(30)21-13-8-15-33-21/h6-9,12-13,15,19,23H,3-5,10-11,14,16-17H2,1-2H3,(H,26,30)(H,27,31)/t23-/m1/s1. The van der Waals surface area contributed by atoms with E-state index in [0.717, 1.165) is 36.8 Å². The Labute approximate surface area is 194 Å². The van der Waals surface area contributed by atoms with Crippen LogP contribution in [0.5, 0.6) is 0 Å². The Bertz CT molecular complexity index is 922. The van der Waals surface area contributed by atoms with E-state index in [1.807, 2.05) is 31.2 Å². The summed E-state index contributed by atoms with van der Waals surface area (Å²) in [5, 5.41) is 5.75. The fourth-order valence-electron chi connectivity index (χ4n) is 4.21. The van der Waals surface area contributed by atoms with E-state index >= 15 is 0 Å². The molecule has 1 saturated carbocycles. The first-order valence-electron chi connectivity index (χ1n) is 11.5. The average molecular weight is 456 g/mol. The van der Waals surface area contributed by atoms with Gasteiger partial charge in [-0.1, -0.05) is 43.5 Å². The molecule has 0 spiro atoms. The number of furan rings is 1. The van der Waals surface area contributed by atoms with E-state index in [1.165, 1.54) is 23.7 Å². The quantitative estimate of drug-likeness (QED) is 0.574. The highest BCUT2D eigenvalue weighted by Crippen LogP contribution is 2.26. The third-order valence-electron chi connectivity index (χ3n) is 6.00. The summed E-state index contributed by atoms with van der Waals surface area (Å²) < 4.78 is 10.3. The van der Waals surface area contributed by atoms with Crippen LogP contribution >= 0.6 is 0 Å². The molecule has 1 atom stereocenters. The number of nitrogens with zero attached hydrogens (tertiary/aromatic N) is 1. The predicted octanol–water partition coefficient (Wildman–Crippen LogP) is 2.98. The Morgan fingerprint density at radius 2 is 1.88 bits per heavy atom. The van der Waals surface area contributed by atoms with Crippen LogP contribution in [0.1, 0.15) is 59.8 Å². The van der Waals surface area contributed by atoms with Crippen molar-refractivity contribution in [1.29, 1.82) is 0 Å². The lowest BCUT2D eigenvalue weighted by molar-refractivity contribution is -0.141. The molecule has 0 bridgehead atoms. The maximum absolute atomic E-state index is 13.5. The minimum Gasteiger partial charge on any atom is -0.459 e. The van der Waals surface area contributed by atoms with Gasteiger partial charge in [0.1, 0.15) is 6.04 Å². The maximum Gasteiger partial charge on any atom is 0.287 e. The fraction of sp³-hybridized carbons (Fsp3) is 0.480. The number of carbonyl (C=O) groups is 3. The van der Waals surface area contributed by atoms with Gasteiger partial charge in [0.2, 0.25) is 11.8 Å². The minimum absolute atomic E-state index is 0.107. The molecule has 1 aliphatic rings. The van der Waals surface area contributed by atoms with Crippen LogP contribution in [0.4, 0.5) is 0 Å². The molecule has 1 aromatic heterocycles. The van der Waals surface area contributed by atoms with Gasteiger partial charge in [0, 0.05) is 19.7 Å². The number of ether oxygens (including phenoxy) is 1. The zero-order valence-corrected chi connectivity index (χ0v) is 19.3. The number of benzene rings is 1. The van der Waals surface area contributed by atoms with Gasteiger partial charge in [0.15, 0.2) is 5.76 Å². The zero-order valence-electron chi connectivity index (χ0n) is 19.3. The van der Waals surface area contributed by atoms with Crippen molar-refractivity contribution in [3.05, 3.63) is 59.5 Å². The second-order valence-corrected chi connectivity index (χ2v) is 8.34. The molecule has 1 aliphatic carbocycles. The second-order valence-electron chi connectivity index (χ2n) is 8.34. The van der Waals surface area contributed by atoms with Gasteiger partial charge in [-0.15, -0.1) is 0 Å². The van der Waals surface area contributed by atoms with E-state index in [1.54, 1.807) is 13.2 Å². The van der Waals surface area contributed by atoms with Crippen LogP contribution in [0.15, 0.2) is 47.1 Å². The number of carbonyl (C=O) groups excluding carboxylic acids is 3. The van der Waals surface area contributed by atoms with E-state index in [9.17, 15) is 14.4 Å². The van der Waals surface area contributed by atoms with Crippen molar-refractivity contribution >= 4 is 17.7 Å². The summed E-state index contributed by atoms with van der Waals surface area (Å²) in [7, 11) is 1.55. The average Bonchev–Trinajstić information content (AvgIpc) is 3.36. The lowest BCUT2D eigenvalue weighted by Gasteiger charge is -2.34. The molecule has 1 heterocycles. The largest absolute Gasteiger partial charge is 0.459 e. The molecule has 0 aliphatic heterocycles. The van der Waals surface area contributed by atoms with Crippen LogP contribution in [-0.4, -0.2) is 55.5 Å². The molecule has 0 radical (unpaired) electrons. The van der Waals surface area contributed by atoms with Crippen LogP contribution in [0.3, 0.4) is 0 Å². The van der Waals surface area contributed by atoms with Crippen LogP contribution in [-0.2, 0) is 14.3 Å². The molecule has 33 heavy (non-hydrogen) atoms. The molecule has 3 rings (SSSR count). The van der Waals surface area contributed by atoms with E-state index in [2.05, 4.69) is 10.6 Å². The number of nitrogens with one attached hydrogen (secondary N) is 2. The van der Waals surface area contributed by atoms with Crippen molar-refractivity contribution in [3.8, 4) is 0 Å². The molecule has 178 valence electrons. The zero-order chi connectivity index (χ0) is 23.6. The highest BCUT2D eigenvalue weighted by molar-refractivity contribution is 5.95. The molecule has 1 aromatic carbocycles. The summed E-state index contributed by atoms with van der Waals surface area (Å²) in [6.07, 6.45) is 6.64. The molecule has 2 aromatic rings. The van der Waals surface area contributed by atoms with Gasteiger partial charge in [-0.05, 0) is 43.0 Å². The number of hydrogen-bond acceptors (Lipinski definition) is 5. The van der Waals surface area contributed by atoms with Gasteiger partial charge in [-0.2, -0.15) is 0 Å². The molecule has 3 amide bonds. The second kappa shape index (κ2) is 12.2. The van der Waals surface area contributed by atoms with Gasteiger partial charge in [-0.25, -0.2) is 0 Å². The van der Waals surface area contributed by atoms with Gasteiger partial charge < -0.3 is 24.7 Å². The molecule has 1 fully saturated rings. The van der Waals surface area contributed by atoms with Crippen LogP contribution in [0, 0.1) is 6.92 Å². The van der Waals surface area contributed by atoms with E-state index in [-0.39, 0.29) is 43.3 Å². The molecular formula is C25H33N3O5. The predicted molar refractivity (Wildman–Crippen MR) is 124 cm³/mol. The fourth-order valence-corrected chi connectivity index (χ4v) is 4.21. The number of aryl methyl sites for hydroxylation is 1. The van der Waals surface area contributed by atoms with E-state index in [4.69, 9.17) is 9.15 Å². The first-order valence-corrected chi connectivity index (χ1v) is 11.5. The Morgan fingerprint density at radius 3 is 2.55 bits per heavy atom. The van der Waals surface area contributed by atoms with Gasteiger partial charge in [0.25, 0.3) is 5.91 Å². The van der Waals surface area contributed by atoms with Crippen molar-refractivity contribution in [3.63, 3.8) is 0 Å². The molecule has 2 N–H and O–H groups in total. The van der Waals surface area contributed by atoms with E-state index < -0.39 is 11.9 Å². The Balaban J connectivity index is 1.83. The first-order chi connectivity index (χ1) is 16.0. The summed E-state index contributed by atoms with van der Waals surface area (Å²) in [4.78, 5) is 40.6. The Hall–Kier alpha value is -3.13. The van der Waals surface area contributed by atoms with Crippen LogP contribution in [0.2, 0.25) is 0 Å². The highest BCUT2D eigenvalue weighted by atomic mass is 16.5. The van der Waals surface area contributed by atoms with Gasteiger partial charge in [0.05, 0.1) is 19.4 Å². The topological polar surface area (TPSA) is 101 Å². The first kappa shape index (κ1) is 24.5. The third kappa shape index (κ3) is 6.68. The summed E-state index contributed by atoms with van der Waals surface area (Å²) in [6, 6.07) is 9.97. The lowest BCUT2D eigenvalue weighted by Crippen LogP contribution is -2.50. The molecule has 8 nitrogen and oxygen atoms in total. The summed E-state index contributed by atoms with van der Waals surface area (Å²) in [5.41, 5.74) is 1.67. The van der Waals surface area contributed by atoms with Crippen molar-refractivity contribution in [2.75, 3.05) is 26.8 Å². The Kier molecular flexibility index (Phi) is 9.06. The maximum atomic E-state index is 13.5. The SMILES string of the molecule is COCCN(C(=O)CNC(=O)c1ccco1)[C@@H](C(=O)NC1CCCCC1)c1ccccc1C. The summed E-state index contributed by atoms with van der Waals surface area (Å²) >= 11 is 0. The minimum atomic E-state index is -0.823.